The van der Waals surface area contributed by atoms with Gasteiger partial charge in [-0.1, -0.05) is 18.2 Å². The Kier molecular flexibility index (Phi) is 8.38. The summed E-state index contributed by atoms with van der Waals surface area (Å²) in [6, 6.07) is 9.75. The largest absolute Gasteiger partial charge is 0.756 e. The minimum absolute atomic E-state index is 0.0577. The maximum absolute atomic E-state index is 12.0. The van der Waals surface area contributed by atoms with Gasteiger partial charge in [0.25, 0.3) is 7.82 Å². The number of carbonyl (C=O) groups is 1. The lowest BCUT2D eigenvalue weighted by atomic mass is 10.1. The molecule has 8 heteroatoms. The number of carbonyl (C=O) groups excluding carboxylic acids is 1. The van der Waals surface area contributed by atoms with Crippen LogP contribution in [-0.2, 0) is 24.8 Å². The first-order valence-electron chi connectivity index (χ1n) is 9.10. The van der Waals surface area contributed by atoms with Crippen molar-refractivity contribution in [3.05, 3.63) is 42.1 Å². The van der Waals surface area contributed by atoms with Crippen molar-refractivity contribution in [3.8, 4) is 0 Å². The molecule has 0 saturated heterocycles. The summed E-state index contributed by atoms with van der Waals surface area (Å²) in [5.41, 5.74) is 1.78. The summed E-state index contributed by atoms with van der Waals surface area (Å²) in [6.07, 6.45) is 3.66. The summed E-state index contributed by atoms with van der Waals surface area (Å²) in [4.78, 5) is 27.8. The van der Waals surface area contributed by atoms with Crippen LogP contribution in [0.3, 0.4) is 0 Å². The standard InChI is InChI=1S/C19H27N2O5P/c1-15(2)26-27(23,24)25-11-7-3-6-10-20-19(22)13-16-12-17-8-4-5-9-18(17)21-14-16/h4-5,8-9,12,14-15H,3,6-7,10-11,13H2,1-2H3,(H,20,22)(H,23,24)/p-1. The highest BCUT2D eigenvalue weighted by molar-refractivity contribution is 7.45. The Balaban J connectivity index is 1.60. The molecule has 7 nitrogen and oxygen atoms in total. The molecule has 0 bridgehead atoms. The zero-order valence-corrected chi connectivity index (χ0v) is 16.6. The molecule has 1 aromatic carbocycles. The lowest BCUT2D eigenvalue weighted by Crippen LogP contribution is -2.26. The minimum atomic E-state index is -4.20. The molecule has 148 valence electrons. The van der Waals surface area contributed by atoms with Gasteiger partial charge in [0.15, 0.2) is 0 Å². The number of phosphoric ester groups is 1. The highest BCUT2D eigenvalue weighted by Crippen LogP contribution is 2.39. The number of unbranched alkanes of at least 4 members (excludes halogenated alkanes) is 2. The van der Waals surface area contributed by atoms with Crippen molar-refractivity contribution in [2.75, 3.05) is 13.2 Å². The van der Waals surface area contributed by atoms with E-state index in [1.165, 1.54) is 0 Å². The highest BCUT2D eigenvalue weighted by Gasteiger charge is 2.11. The van der Waals surface area contributed by atoms with Crippen LogP contribution in [0.1, 0.15) is 38.7 Å². The fraction of sp³-hybridized carbons (Fsp3) is 0.474. The van der Waals surface area contributed by atoms with Gasteiger partial charge in [0.1, 0.15) is 0 Å². The quantitative estimate of drug-likeness (QED) is 0.465. The molecule has 1 N–H and O–H groups in total. The van der Waals surface area contributed by atoms with Crippen molar-refractivity contribution in [1.82, 2.24) is 10.3 Å². The SMILES string of the molecule is CC(C)OP(=O)([O-])OCCCCCNC(=O)Cc1cnc2ccccc2c1. The molecule has 1 heterocycles. The highest BCUT2D eigenvalue weighted by atomic mass is 31.2. The van der Waals surface area contributed by atoms with Gasteiger partial charge in [0, 0.05) is 18.1 Å². The number of benzene rings is 1. The molecule has 27 heavy (non-hydrogen) atoms. The van der Waals surface area contributed by atoms with Gasteiger partial charge >= 0.3 is 0 Å². The van der Waals surface area contributed by atoms with Crippen LogP contribution in [0.25, 0.3) is 10.9 Å². The van der Waals surface area contributed by atoms with Crippen LogP contribution >= 0.6 is 7.82 Å². The summed E-state index contributed by atoms with van der Waals surface area (Å²) in [6.45, 7) is 3.89. The van der Waals surface area contributed by atoms with Gasteiger partial charge in [-0.3, -0.25) is 14.3 Å². The fourth-order valence-electron chi connectivity index (χ4n) is 2.56. The number of nitrogens with one attached hydrogen (secondary N) is 1. The second kappa shape index (κ2) is 10.5. The van der Waals surface area contributed by atoms with Crippen LogP contribution in [0.2, 0.25) is 0 Å². The van der Waals surface area contributed by atoms with Crippen molar-refractivity contribution >= 4 is 24.6 Å². The Hall–Kier alpha value is -1.79. The van der Waals surface area contributed by atoms with E-state index in [0.29, 0.717) is 13.0 Å². The molecule has 0 fully saturated rings. The molecule has 1 atom stereocenters. The summed E-state index contributed by atoms with van der Waals surface area (Å²) in [5, 5.41) is 3.88. The first-order chi connectivity index (χ1) is 12.9. The molecule has 0 saturated carbocycles. The van der Waals surface area contributed by atoms with Gasteiger partial charge in [0.2, 0.25) is 5.91 Å². The van der Waals surface area contributed by atoms with Crippen LogP contribution in [0, 0.1) is 0 Å². The van der Waals surface area contributed by atoms with E-state index in [9.17, 15) is 14.3 Å². The van der Waals surface area contributed by atoms with E-state index in [0.717, 1.165) is 29.3 Å². The molecule has 0 aliphatic carbocycles. The fourth-order valence-corrected chi connectivity index (χ4v) is 3.49. The predicted molar refractivity (Wildman–Crippen MR) is 102 cm³/mol. The summed E-state index contributed by atoms with van der Waals surface area (Å²) in [5.74, 6) is -0.0577. The summed E-state index contributed by atoms with van der Waals surface area (Å²) >= 11 is 0. The number of hydrogen-bond donors (Lipinski definition) is 1. The molecule has 2 aromatic rings. The Morgan fingerprint density at radius 3 is 2.81 bits per heavy atom. The molecule has 2 rings (SSSR count). The molecule has 1 aromatic heterocycles. The van der Waals surface area contributed by atoms with Crippen molar-refractivity contribution in [3.63, 3.8) is 0 Å². The normalized spacial score (nSPS) is 13.6. The van der Waals surface area contributed by atoms with Crippen LogP contribution in [0.4, 0.5) is 0 Å². The number of phosphoric acid groups is 1. The molecule has 1 amide bonds. The van der Waals surface area contributed by atoms with E-state index in [4.69, 9.17) is 9.05 Å². The molecule has 0 spiro atoms. The average molecular weight is 393 g/mol. The molecular weight excluding hydrogens is 367 g/mol. The van der Waals surface area contributed by atoms with Gasteiger partial charge in [-0.2, -0.15) is 0 Å². The van der Waals surface area contributed by atoms with Gasteiger partial charge in [0.05, 0.1) is 24.6 Å². The van der Waals surface area contributed by atoms with Gasteiger partial charge in [-0.15, -0.1) is 0 Å². The van der Waals surface area contributed by atoms with Gasteiger partial charge < -0.3 is 19.3 Å². The molecule has 0 aliphatic heterocycles. The van der Waals surface area contributed by atoms with E-state index in [1.807, 2.05) is 30.3 Å². The van der Waals surface area contributed by atoms with E-state index in [2.05, 4.69) is 10.3 Å². The summed E-state index contributed by atoms with van der Waals surface area (Å²) < 4.78 is 20.9. The first-order valence-corrected chi connectivity index (χ1v) is 10.6. The zero-order valence-electron chi connectivity index (χ0n) is 15.7. The smallest absolute Gasteiger partial charge is 0.268 e. The molecular formula is C19H26N2O5P-. The third-order valence-electron chi connectivity index (χ3n) is 3.74. The zero-order chi connectivity index (χ0) is 19.7. The number of para-hydroxylation sites is 1. The number of nitrogens with zero attached hydrogens (tertiary/aromatic N) is 1. The van der Waals surface area contributed by atoms with Crippen molar-refractivity contribution < 1.29 is 23.3 Å². The topological polar surface area (TPSA) is 101 Å². The third-order valence-corrected chi connectivity index (χ3v) is 4.92. The second-order valence-corrected chi connectivity index (χ2v) is 7.92. The molecule has 0 radical (unpaired) electrons. The minimum Gasteiger partial charge on any atom is -0.756 e. The second-order valence-electron chi connectivity index (χ2n) is 6.56. The molecule has 0 aliphatic rings. The monoisotopic (exact) mass is 393 g/mol. The van der Waals surface area contributed by atoms with Crippen LogP contribution < -0.4 is 10.2 Å². The van der Waals surface area contributed by atoms with Crippen LogP contribution in [0.15, 0.2) is 36.5 Å². The average Bonchev–Trinajstić information content (AvgIpc) is 2.59. The lowest BCUT2D eigenvalue weighted by molar-refractivity contribution is -0.228. The maximum Gasteiger partial charge on any atom is 0.268 e. The number of aromatic nitrogens is 1. The third kappa shape index (κ3) is 8.18. The van der Waals surface area contributed by atoms with Crippen LogP contribution in [0.5, 0.6) is 0 Å². The van der Waals surface area contributed by atoms with E-state index in [1.54, 1.807) is 20.0 Å². The van der Waals surface area contributed by atoms with E-state index < -0.39 is 13.9 Å². The van der Waals surface area contributed by atoms with Gasteiger partial charge in [-0.25, -0.2) is 0 Å². The van der Waals surface area contributed by atoms with Crippen molar-refractivity contribution in [1.29, 1.82) is 0 Å². The number of amides is 1. The first kappa shape index (κ1) is 21.5. The number of hydrogen-bond acceptors (Lipinski definition) is 6. The van der Waals surface area contributed by atoms with E-state index >= 15 is 0 Å². The number of rotatable bonds is 11. The Labute approximate surface area is 159 Å². The van der Waals surface area contributed by atoms with E-state index in [-0.39, 0.29) is 18.9 Å². The Morgan fingerprint density at radius 2 is 2.04 bits per heavy atom. The predicted octanol–water partition coefficient (Wildman–Crippen LogP) is 2.97. The van der Waals surface area contributed by atoms with Crippen molar-refractivity contribution in [2.24, 2.45) is 0 Å². The molecule has 1 unspecified atom stereocenters. The number of pyridine rings is 1. The van der Waals surface area contributed by atoms with Crippen LogP contribution in [-0.4, -0.2) is 30.1 Å². The Bertz CT molecular complexity index is 797. The lowest BCUT2D eigenvalue weighted by Gasteiger charge is -2.24. The summed E-state index contributed by atoms with van der Waals surface area (Å²) in [7, 11) is -4.20. The maximum atomic E-state index is 12.0. The van der Waals surface area contributed by atoms with Gasteiger partial charge in [-0.05, 0) is 50.8 Å². The number of fused-ring (bicyclic) bond motifs is 1. The Morgan fingerprint density at radius 1 is 1.26 bits per heavy atom. The van der Waals surface area contributed by atoms with Crippen molar-refractivity contribution in [2.45, 2.75) is 45.6 Å².